The minimum absolute atomic E-state index is 0.192. The van der Waals surface area contributed by atoms with Gasteiger partial charge < -0.3 is 10.5 Å². The molecule has 0 unspecified atom stereocenters. The van der Waals surface area contributed by atoms with Crippen molar-refractivity contribution in [1.82, 2.24) is 0 Å². The summed E-state index contributed by atoms with van der Waals surface area (Å²) in [6.07, 6.45) is 3.15. The SMILES string of the molecule is CCC(CC)(CN)Cc1ccc(OC)c(Cl)c1. The second kappa shape index (κ2) is 6.27. The van der Waals surface area contributed by atoms with Crippen molar-refractivity contribution in [3.8, 4) is 5.75 Å². The topological polar surface area (TPSA) is 35.2 Å². The molecule has 0 aliphatic carbocycles. The van der Waals surface area contributed by atoms with Gasteiger partial charge in [-0.2, -0.15) is 0 Å². The third-order valence-electron chi connectivity index (χ3n) is 3.73. The van der Waals surface area contributed by atoms with E-state index in [-0.39, 0.29) is 5.41 Å². The lowest BCUT2D eigenvalue weighted by Gasteiger charge is -2.30. The van der Waals surface area contributed by atoms with Gasteiger partial charge in [0.2, 0.25) is 0 Å². The first-order valence-corrected chi connectivity index (χ1v) is 6.51. The van der Waals surface area contributed by atoms with Gasteiger partial charge in [-0.05, 0) is 48.9 Å². The molecule has 0 saturated carbocycles. The van der Waals surface area contributed by atoms with Gasteiger partial charge >= 0.3 is 0 Å². The van der Waals surface area contributed by atoms with Gasteiger partial charge in [0.05, 0.1) is 12.1 Å². The number of hydrogen-bond acceptors (Lipinski definition) is 2. The molecule has 17 heavy (non-hydrogen) atoms. The highest BCUT2D eigenvalue weighted by molar-refractivity contribution is 6.32. The van der Waals surface area contributed by atoms with Crippen molar-refractivity contribution in [2.24, 2.45) is 11.1 Å². The molecule has 1 aromatic carbocycles. The summed E-state index contributed by atoms with van der Waals surface area (Å²) < 4.78 is 5.15. The van der Waals surface area contributed by atoms with Crippen molar-refractivity contribution in [1.29, 1.82) is 0 Å². The number of halogens is 1. The van der Waals surface area contributed by atoms with Gasteiger partial charge in [-0.15, -0.1) is 0 Å². The molecule has 0 aromatic heterocycles. The first-order chi connectivity index (χ1) is 8.10. The molecule has 0 bridgehead atoms. The summed E-state index contributed by atoms with van der Waals surface area (Å²) in [4.78, 5) is 0. The number of nitrogens with two attached hydrogens (primary N) is 1. The molecule has 0 spiro atoms. The van der Waals surface area contributed by atoms with E-state index in [0.717, 1.165) is 25.0 Å². The zero-order valence-electron chi connectivity index (χ0n) is 10.9. The van der Waals surface area contributed by atoms with Crippen molar-refractivity contribution in [3.63, 3.8) is 0 Å². The van der Waals surface area contributed by atoms with Crippen LogP contribution < -0.4 is 10.5 Å². The molecule has 2 N–H and O–H groups in total. The van der Waals surface area contributed by atoms with Gasteiger partial charge in [0.25, 0.3) is 0 Å². The van der Waals surface area contributed by atoms with Crippen molar-refractivity contribution in [3.05, 3.63) is 28.8 Å². The van der Waals surface area contributed by atoms with Gasteiger partial charge in [-0.1, -0.05) is 31.5 Å². The fourth-order valence-corrected chi connectivity index (χ4v) is 2.39. The van der Waals surface area contributed by atoms with E-state index in [1.165, 1.54) is 5.56 Å². The molecule has 1 aromatic rings. The Balaban J connectivity index is 2.90. The lowest BCUT2D eigenvalue weighted by atomic mass is 9.77. The van der Waals surface area contributed by atoms with Crippen molar-refractivity contribution < 1.29 is 4.74 Å². The Hall–Kier alpha value is -0.730. The summed E-state index contributed by atoms with van der Waals surface area (Å²) in [6, 6.07) is 5.97. The van der Waals surface area contributed by atoms with Crippen LogP contribution >= 0.6 is 11.6 Å². The van der Waals surface area contributed by atoms with E-state index in [4.69, 9.17) is 22.1 Å². The molecular formula is C14H22ClNO. The van der Waals surface area contributed by atoms with Crippen LogP contribution in [0.15, 0.2) is 18.2 Å². The minimum atomic E-state index is 0.192. The van der Waals surface area contributed by atoms with E-state index < -0.39 is 0 Å². The standard InChI is InChI=1S/C14H22ClNO/c1-4-14(5-2,10-16)9-11-6-7-13(17-3)12(15)8-11/h6-8H,4-5,9-10,16H2,1-3H3. The Morgan fingerprint density at radius 3 is 2.35 bits per heavy atom. The fraction of sp³-hybridized carbons (Fsp3) is 0.571. The van der Waals surface area contributed by atoms with Gasteiger partial charge in [0, 0.05) is 0 Å². The summed E-state index contributed by atoms with van der Waals surface area (Å²) in [5, 5.41) is 0.670. The second-order valence-electron chi connectivity index (χ2n) is 4.56. The molecular weight excluding hydrogens is 234 g/mol. The van der Waals surface area contributed by atoms with E-state index in [9.17, 15) is 0 Å². The summed E-state index contributed by atoms with van der Waals surface area (Å²) in [5.74, 6) is 0.724. The van der Waals surface area contributed by atoms with Gasteiger partial charge in [0.1, 0.15) is 5.75 Å². The molecule has 3 heteroatoms. The number of ether oxygens (including phenoxy) is 1. The van der Waals surface area contributed by atoms with Crippen LogP contribution in [0.2, 0.25) is 5.02 Å². The Kier molecular flexibility index (Phi) is 5.29. The Bertz CT molecular complexity index is 353. The van der Waals surface area contributed by atoms with E-state index in [2.05, 4.69) is 19.9 Å². The second-order valence-corrected chi connectivity index (χ2v) is 4.96. The molecule has 0 aliphatic rings. The quantitative estimate of drug-likeness (QED) is 0.842. The molecule has 96 valence electrons. The maximum absolute atomic E-state index is 6.13. The van der Waals surface area contributed by atoms with Crippen LogP contribution in [0.5, 0.6) is 5.75 Å². The Morgan fingerprint density at radius 2 is 1.94 bits per heavy atom. The van der Waals surface area contributed by atoms with E-state index >= 15 is 0 Å². The highest BCUT2D eigenvalue weighted by Crippen LogP contribution is 2.32. The first kappa shape index (κ1) is 14.3. The van der Waals surface area contributed by atoms with Crippen LogP contribution in [0.4, 0.5) is 0 Å². The fourth-order valence-electron chi connectivity index (χ4n) is 2.11. The van der Waals surface area contributed by atoms with Gasteiger partial charge in [-0.25, -0.2) is 0 Å². The molecule has 0 saturated heterocycles. The molecule has 0 aliphatic heterocycles. The van der Waals surface area contributed by atoms with Crippen LogP contribution in [-0.4, -0.2) is 13.7 Å². The minimum Gasteiger partial charge on any atom is -0.495 e. The normalized spacial score (nSPS) is 11.6. The van der Waals surface area contributed by atoms with Crippen LogP contribution in [0, 0.1) is 5.41 Å². The average Bonchev–Trinajstić information content (AvgIpc) is 2.36. The third-order valence-corrected chi connectivity index (χ3v) is 4.02. The molecule has 2 nitrogen and oxygen atoms in total. The summed E-state index contributed by atoms with van der Waals surface area (Å²) >= 11 is 6.13. The maximum atomic E-state index is 6.13. The van der Waals surface area contributed by atoms with Crippen molar-refractivity contribution >= 4 is 11.6 Å². The highest BCUT2D eigenvalue weighted by atomic mass is 35.5. The molecule has 0 fully saturated rings. The number of benzene rings is 1. The third kappa shape index (κ3) is 3.36. The highest BCUT2D eigenvalue weighted by Gasteiger charge is 2.24. The van der Waals surface area contributed by atoms with Gasteiger partial charge in [0.15, 0.2) is 0 Å². The monoisotopic (exact) mass is 255 g/mol. The smallest absolute Gasteiger partial charge is 0.137 e. The van der Waals surface area contributed by atoms with Crippen LogP contribution in [-0.2, 0) is 6.42 Å². The molecule has 0 radical (unpaired) electrons. The molecule has 0 heterocycles. The molecule has 0 amide bonds. The number of hydrogen-bond donors (Lipinski definition) is 1. The van der Waals surface area contributed by atoms with Crippen molar-refractivity contribution in [2.45, 2.75) is 33.1 Å². The number of methoxy groups -OCH3 is 1. The van der Waals surface area contributed by atoms with Gasteiger partial charge in [-0.3, -0.25) is 0 Å². The summed E-state index contributed by atoms with van der Waals surface area (Å²) in [7, 11) is 1.63. The number of rotatable bonds is 6. The van der Waals surface area contributed by atoms with E-state index in [0.29, 0.717) is 11.6 Å². The lowest BCUT2D eigenvalue weighted by molar-refractivity contribution is 0.271. The average molecular weight is 256 g/mol. The first-order valence-electron chi connectivity index (χ1n) is 6.13. The largest absolute Gasteiger partial charge is 0.495 e. The van der Waals surface area contributed by atoms with Crippen LogP contribution in [0.25, 0.3) is 0 Å². The summed E-state index contributed by atoms with van der Waals surface area (Å²) in [6.45, 7) is 5.10. The zero-order chi connectivity index (χ0) is 12.9. The van der Waals surface area contributed by atoms with E-state index in [1.807, 2.05) is 12.1 Å². The Morgan fingerprint density at radius 1 is 1.29 bits per heavy atom. The van der Waals surface area contributed by atoms with E-state index in [1.54, 1.807) is 7.11 Å². The van der Waals surface area contributed by atoms with Crippen LogP contribution in [0.1, 0.15) is 32.3 Å². The predicted octanol–water partition coefficient (Wildman–Crippen LogP) is 3.66. The molecule has 1 rings (SSSR count). The van der Waals surface area contributed by atoms with Crippen molar-refractivity contribution in [2.75, 3.05) is 13.7 Å². The Labute approximate surface area is 109 Å². The van der Waals surface area contributed by atoms with Crippen LogP contribution in [0.3, 0.4) is 0 Å². The molecule has 0 atom stereocenters. The summed E-state index contributed by atoms with van der Waals surface area (Å²) in [5.41, 5.74) is 7.33. The predicted molar refractivity (Wildman–Crippen MR) is 73.8 cm³/mol. The maximum Gasteiger partial charge on any atom is 0.137 e. The zero-order valence-corrected chi connectivity index (χ0v) is 11.7. The lowest BCUT2D eigenvalue weighted by Crippen LogP contribution is -2.31.